The number of hydrogen-bond acceptors (Lipinski definition) is 7. The van der Waals surface area contributed by atoms with Crippen LogP contribution >= 0.6 is 22.7 Å². The van der Waals surface area contributed by atoms with Gasteiger partial charge in [-0.25, -0.2) is 14.4 Å². The van der Waals surface area contributed by atoms with Crippen molar-refractivity contribution in [1.82, 2.24) is 4.90 Å². The highest BCUT2D eigenvalue weighted by Gasteiger charge is 2.46. The number of carboxylic acid groups (broad SMARTS) is 1. The number of ether oxygens (including phenoxy) is 2. The Morgan fingerprint density at radius 3 is 1.24 bits per heavy atom. The highest BCUT2D eigenvalue weighted by atomic mass is 32.1. The lowest BCUT2D eigenvalue weighted by Gasteiger charge is -2.32. The monoisotopic (exact) mass is 797 g/mol. The fourth-order valence-corrected chi connectivity index (χ4v) is 11.0. The number of thiophene rings is 2. The molecular weight excluding hydrogens is 763 g/mol. The van der Waals surface area contributed by atoms with Gasteiger partial charge in [0.05, 0.1) is 0 Å². The Labute approximate surface area is 342 Å². The molecule has 8 aromatic rings. The molecule has 0 fully saturated rings. The maximum absolute atomic E-state index is 14.8. The van der Waals surface area contributed by atoms with Crippen molar-refractivity contribution < 1.29 is 29.0 Å². The number of fused-ring (bicyclic) bond motifs is 8. The Balaban J connectivity index is 1.07. The standard InChI is InChI=1S/C49H35NO6S2/c51-47(52)46(45(41-27-57-43-23-11-9-21-37(41)43)42-28-58-44-24-12-10-22-38(42)44)50(48(53)55-25-39-33-17-5-1-13-29(33)30-14-2-6-18-34(30)39)49(54)56-26-40-35-19-7-3-15-31(35)32-16-4-8-20-36(32)40/h1-24,27-28,39-40,45-46H,25-26H2,(H,51,52). The molecule has 2 aromatic heterocycles. The first-order valence-corrected chi connectivity index (χ1v) is 20.9. The van der Waals surface area contributed by atoms with Gasteiger partial charge >= 0.3 is 18.2 Å². The minimum absolute atomic E-state index is 0.111. The number of hydrogen-bond donors (Lipinski definition) is 1. The fourth-order valence-electron chi connectivity index (χ4n) is 9.02. The summed E-state index contributed by atoms with van der Waals surface area (Å²) >= 11 is 2.98. The zero-order valence-corrected chi connectivity index (χ0v) is 32.6. The van der Waals surface area contributed by atoms with Crippen LogP contribution in [0, 0.1) is 0 Å². The molecular formula is C49H35NO6S2. The second-order valence-corrected chi connectivity index (χ2v) is 16.4. The van der Waals surface area contributed by atoms with E-state index in [-0.39, 0.29) is 25.0 Å². The van der Waals surface area contributed by atoms with E-state index >= 15 is 0 Å². The van der Waals surface area contributed by atoms with E-state index in [4.69, 9.17) is 9.47 Å². The lowest BCUT2D eigenvalue weighted by molar-refractivity contribution is -0.142. The van der Waals surface area contributed by atoms with Crippen molar-refractivity contribution >= 4 is 61.0 Å². The maximum atomic E-state index is 14.8. The van der Waals surface area contributed by atoms with Crippen LogP contribution in [0.15, 0.2) is 156 Å². The Hall–Kier alpha value is -6.55. The summed E-state index contributed by atoms with van der Waals surface area (Å²) in [5.41, 5.74) is 9.54. The second-order valence-electron chi connectivity index (χ2n) is 14.6. The van der Waals surface area contributed by atoms with Gasteiger partial charge in [-0.3, -0.25) is 0 Å². The Morgan fingerprint density at radius 1 is 0.517 bits per heavy atom. The van der Waals surface area contributed by atoms with Crippen LogP contribution in [0.2, 0.25) is 0 Å². The molecule has 1 atom stereocenters. The number of carbonyl (C=O) groups excluding carboxylic acids is 2. The summed E-state index contributed by atoms with van der Waals surface area (Å²) in [4.78, 5) is 44.3. The number of rotatable bonds is 9. The Morgan fingerprint density at radius 2 is 0.862 bits per heavy atom. The summed E-state index contributed by atoms with van der Waals surface area (Å²) in [7, 11) is 0. The van der Waals surface area contributed by atoms with Crippen LogP contribution in [0.4, 0.5) is 9.59 Å². The summed E-state index contributed by atoms with van der Waals surface area (Å²) in [5, 5.41) is 16.9. The Bertz CT molecular complexity index is 2620. The second kappa shape index (κ2) is 14.8. The molecule has 6 aromatic carbocycles. The fraction of sp³-hybridized carbons (Fsp3) is 0.122. The van der Waals surface area contributed by atoms with Crippen LogP contribution in [0.3, 0.4) is 0 Å². The van der Waals surface area contributed by atoms with Crippen molar-refractivity contribution in [2.24, 2.45) is 0 Å². The molecule has 9 heteroatoms. The summed E-state index contributed by atoms with van der Waals surface area (Å²) in [5.74, 6) is -2.97. The first-order chi connectivity index (χ1) is 28.5. The molecule has 0 spiro atoms. The molecule has 10 rings (SSSR count). The molecule has 2 aliphatic carbocycles. The van der Waals surface area contributed by atoms with E-state index in [0.717, 1.165) is 64.7 Å². The van der Waals surface area contributed by atoms with Gasteiger partial charge in [0, 0.05) is 27.2 Å². The van der Waals surface area contributed by atoms with E-state index in [1.807, 2.05) is 156 Å². The molecule has 58 heavy (non-hydrogen) atoms. The summed E-state index contributed by atoms with van der Waals surface area (Å²) in [6, 6.07) is 45.7. The van der Waals surface area contributed by atoms with E-state index in [1.54, 1.807) is 0 Å². The van der Waals surface area contributed by atoms with Crippen molar-refractivity contribution in [2.45, 2.75) is 23.8 Å². The third kappa shape index (κ3) is 5.97. The van der Waals surface area contributed by atoms with Crippen molar-refractivity contribution in [3.8, 4) is 22.3 Å². The van der Waals surface area contributed by atoms with Gasteiger partial charge in [-0.15, -0.1) is 22.7 Å². The van der Waals surface area contributed by atoms with Gasteiger partial charge in [0.2, 0.25) is 0 Å². The molecule has 1 unspecified atom stereocenters. The molecule has 7 nitrogen and oxygen atoms in total. The first kappa shape index (κ1) is 35.8. The number of imide groups is 1. The van der Waals surface area contributed by atoms with Gasteiger partial charge in [-0.05, 0) is 89.3 Å². The number of benzene rings is 6. The van der Waals surface area contributed by atoms with Crippen molar-refractivity contribution in [1.29, 1.82) is 0 Å². The van der Waals surface area contributed by atoms with Gasteiger partial charge < -0.3 is 14.6 Å². The molecule has 0 radical (unpaired) electrons. The number of carboxylic acids is 1. The largest absolute Gasteiger partial charge is 0.480 e. The third-order valence-electron chi connectivity index (χ3n) is 11.6. The average molecular weight is 798 g/mol. The van der Waals surface area contributed by atoms with Crippen LogP contribution in [-0.4, -0.2) is 47.4 Å². The topological polar surface area (TPSA) is 93.1 Å². The molecule has 2 aliphatic rings. The maximum Gasteiger partial charge on any atom is 0.420 e. The summed E-state index contributed by atoms with van der Waals surface area (Å²) < 4.78 is 14.2. The number of carbonyl (C=O) groups is 3. The van der Waals surface area contributed by atoms with Gasteiger partial charge in [0.15, 0.2) is 6.04 Å². The zero-order chi connectivity index (χ0) is 39.3. The Kier molecular flexibility index (Phi) is 9.11. The molecule has 284 valence electrons. The van der Waals surface area contributed by atoms with E-state index < -0.39 is 30.1 Å². The lowest BCUT2D eigenvalue weighted by atomic mass is 9.84. The van der Waals surface area contributed by atoms with Crippen LogP contribution < -0.4 is 0 Å². The molecule has 0 saturated carbocycles. The quantitative estimate of drug-likeness (QED) is 0.156. The number of nitrogens with zero attached hydrogens (tertiary/aromatic N) is 1. The van der Waals surface area contributed by atoms with Gasteiger partial charge in [0.1, 0.15) is 13.2 Å². The van der Waals surface area contributed by atoms with Gasteiger partial charge in [-0.2, -0.15) is 4.90 Å². The normalized spacial score (nSPS) is 13.5. The lowest BCUT2D eigenvalue weighted by Crippen LogP contribution is -2.52. The number of aliphatic carboxylic acids is 1. The smallest absolute Gasteiger partial charge is 0.420 e. The van der Waals surface area contributed by atoms with E-state index in [2.05, 4.69) is 0 Å². The minimum Gasteiger partial charge on any atom is -0.480 e. The molecule has 0 bridgehead atoms. The van der Waals surface area contributed by atoms with Crippen molar-refractivity contribution in [3.63, 3.8) is 0 Å². The van der Waals surface area contributed by atoms with Gasteiger partial charge in [-0.1, -0.05) is 133 Å². The van der Waals surface area contributed by atoms with E-state index in [1.165, 1.54) is 22.7 Å². The van der Waals surface area contributed by atoms with E-state index in [9.17, 15) is 19.5 Å². The van der Waals surface area contributed by atoms with Crippen molar-refractivity contribution in [2.75, 3.05) is 13.2 Å². The predicted molar refractivity (Wildman–Crippen MR) is 229 cm³/mol. The summed E-state index contributed by atoms with van der Waals surface area (Å²) in [6.45, 7) is -0.223. The SMILES string of the molecule is O=C(O)C(C(c1csc2ccccc12)c1csc2ccccc12)N(C(=O)OCC1c2ccccc2-c2ccccc21)C(=O)OCC1c2ccccc2-c2ccccc21. The zero-order valence-electron chi connectivity index (χ0n) is 31.0. The minimum atomic E-state index is -1.73. The van der Waals surface area contributed by atoms with E-state index in [0.29, 0.717) is 16.0 Å². The van der Waals surface area contributed by atoms with Crippen LogP contribution in [0.1, 0.15) is 51.1 Å². The van der Waals surface area contributed by atoms with Gasteiger partial charge in [0.25, 0.3) is 0 Å². The third-order valence-corrected chi connectivity index (χ3v) is 13.6. The highest BCUT2D eigenvalue weighted by Crippen LogP contribution is 2.47. The van der Waals surface area contributed by atoms with Crippen LogP contribution in [0.5, 0.6) is 0 Å². The molecule has 2 heterocycles. The highest BCUT2D eigenvalue weighted by molar-refractivity contribution is 7.17. The number of amides is 2. The van der Waals surface area contributed by atoms with Crippen LogP contribution in [0.25, 0.3) is 42.4 Å². The molecule has 0 saturated heterocycles. The molecule has 2 amide bonds. The molecule has 1 N–H and O–H groups in total. The summed E-state index contributed by atoms with van der Waals surface area (Å²) in [6.07, 6.45) is -2.17. The first-order valence-electron chi connectivity index (χ1n) is 19.1. The predicted octanol–water partition coefficient (Wildman–Crippen LogP) is 11.9. The average Bonchev–Trinajstić information content (AvgIpc) is 4.04. The van der Waals surface area contributed by atoms with Crippen molar-refractivity contribution in [3.05, 3.63) is 190 Å². The van der Waals surface area contributed by atoms with Crippen LogP contribution in [-0.2, 0) is 14.3 Å². The molecule has 0 aliphatic heterocycles.